The van der Waals surface area contributed by atoms with E-state index in [1.807, 2.05) is 68.4 Å². The van der Waals surface area contributed by atoms with Gasteiger partial charge in [0, 0.05) is 12.2 Å². The molecule has 6 heteroatoms. The van der Waals surface area contributed by atoms with Gasteiger partial charge >= 0.3 is 0 Å². The number of ether oxygens (including phenoxy) is 3. The number of para-hydroxylation sites is 1. The summed E-state index contributed by atoms with van der Waals surface area (Å²) < 4.78 is 17.4. The Morgan fingerprint density at radius 1 is 1.00 bits per heavy atom. The van der Waals surface area contributed by atoms with Crippen molar-refractivity contribution in [3.8, 4) is 23.3 Å². The predicted molar refractivity (Wildman–Crippen MR) is 136 cm³/mol. The molecular formula is C29H28N2O4. The summed E-state index contributed by atoms with van der Waals surface area (Å²) in [5.41, 5.74) is 3.88. The van der Waals surface area contributed by atoms with E-state index in [0.29, 0.717) is 43.4 Å². The fraction of sp³-hybridized carbons (Fsp3) is 0.241. The minimum Gasteiger partial charge on any atom is -0.490 e. The maximum Gasteiger partial charge on any atom is 0.268 e. The van der Waals surface area contributed by atoms with Gasteiger partial charge < -0.3 is 19.1 Å². The molecule has 0 saturated heterocycles. The van der Waals surface area contributed by atoms with E-state index in [4.69, 9.17) is 14.2 Å². The Morgan fingerprint density at radius 2 is 1.83 bits per heavy atom. The van der Waals surface area contributed by atoms with Gasteiger partial charge in [0.15, 0.2) is 11.5 Å². The van der Waals surface area contributed by atoms with Crippen LogP contribution >= 0.6 is 0 Å². The van der Waals surface area contributed by atoms with E-state index in [2.05, 4.69) is 6.07 Å². The Labute approximate surface area is 206 Å². The van der Waals surface area contributed by atoms with Crippen molar-refractivity contribution in [2.45, 2.75) is 20.3 Å². The Kier molecular flexibility index (Phi) is 7.69. The number of aryl methyl sites for hydroxylation is 1. The lowest BCUT2D eigenvalue weighted by Gasteiger charge is -2.17. The number of carbonyl (C=O) groups excluding carboxylic acids is 1. The van der Waals surface area contributed by atoms with Crippen LogP contribution in [0.5, 0.6) is 17.2 Å². The van der Waals surface area contributed by atoms with Crippen LogP contribution in [-0.4, -0.2) is 32.3 Å². The van der Waals surface area contributed by atoms with Gasteiger partial charge in [-0.1, -0.05) is 36.4 Å². The third-order valence-electron chi connectivity index (χ3n) is 5.66. The van der Waals surface area contributed by atoms with Crippen molar-refractivity contribution in [1.29, 1.82) is 5.26 Å². The van der Waals surface area contributed by atoms with Gasteiger partial charge in [0.1, 0.15) is 30.6 Å². The first-order valence-corrected chi connectivity index (χ1v) is 11.7. The summed E-state index contributed by atoms with van der Waals surface area (Å²) >= 11 is 0. The maximum absolute atomic E-state index is 13.1. The second kappa shape index (κ2) is 11.3. The van der Waals surface area contributed by atoms with E-state index >= 15 is 0 Å². The van der Waals surface area contributed by atoms with Crippen molar-refractivity contribution >= 4 is 17.7 Å². The first-order valence-electron chi connectivity index (χ1n) is 11.7. The van der Waals surface area contributed by atoms with Crippen LogP contribution in [0.1, 0.15) is 23.6 Å². The molecule has 0 unspecified atom stereocenters. The molecule has 0 aliphatic carbocycles. The number of anilines is 1. The number of rotatable bonds is 9. The second-order valence-corrected chi connectivity index (χ2v) is 8.16. The molecule has 1 amide bonds. The molecule has 0 aromatic heterocycles. The molecule has 4 rings (SSSR count). The molecule has 3 aromatic carbocycles. The van der Waals surface area contributed by atoms with Crippen LogP contribution in [0.2, 0.25) is 0 Å². The highest BCUT2D eigenvalue weighted by molar-refractivity contribution is 6.12. The number of carbonyl (C=O) groups is 1. The van der Waals surface area contributed by atoms with Crippen molar-refractivity contribution in [3.63, 3.8) is 0 Å². The van der Waals surface area contributed by atoms with Crippen LogP contribution in [-0.2, 0) is 11.2 Å². The van der Waals surface area contributed by atoms with Gasteiger partial charge in [0.05, 0.1) is 6.61 Å². The molecule has 6 nitrogen and oxygen atoms in total. The van der Waals surface area contributed by atoms with Crippen LogP contribution in [0.3, 0.4) is 0 Å². The Hall–Kier alpha value is -4.24. The monoisotopic (exact) mass is 468 g/mol. The summed E-state index contributed by atoms with van der Waals surface area (Å²) in [4.78, 5) is 14.8. The zero-order chi connectivity index (χ0) is 24.6. The number of benzene rings is 3. The Bertz CT molecular complexity index is 1280. The van der Waals surface area contributed by atoms with Crippen LogP contribution in [0, 0.1) is 18.3 Å². The van der Waals surface area contributed by atoms with Crippen LogP contribution in [0.15, 0.2) is 72.3 Å². The molecule has 3 aromatic rings. The molecule has 1 aliphatic heterocycles. The first kappa shape index (κ1) is 23.9. The van der Waals surface area contributed by atoms with Crippen LogP contribution in [0.25, 0.3) is 6.08 Å². The number of fused-ring (bicyclic) bond motifs is 1. The molecule has 0 spiro atoms. The molecule has 178 valence electrons. The van der Waals surface area contributed by atoms with E-state index in [-0.39, 0.29) is 11.5 Å². The topological polar surface area (TPSA) is 71.8 Å². The summed E-state index contributed by atoms with van der Waals surface area (Å²) in [5.74, 6) is 1.63. The summed E-state index contributed by atoms with van der Waals surface area (Å²) in [6, 6.07) is 23.1. The molecule has 0 bridgehead atoms. The highest BCUT2D eigenvalue weighted by atomic mass is 16.5. The van der Waals surface area contributed by atoms with Crippen molar-refractivity contribution in [1.82, 2.24) is 0 Å². The van der Waals surface area contributed by atoms with Gasteiger partial charge in [-0.2, -0.15) is 5.26 Å². The summed E-state index contributed by atoms with van der Waals surface area (Å²) in [6.07, 6.45) is 2.38. The smallest absolute Gasteiger partial charge is 0.268 e. The van der Waals surface area contributed by atoms with Crippen molar-refractivity contribution in [3.05, 3.63) is 89.0 Å². The van der Waals surface area contributed by atoms with Crippen LogP contribution in [0.4, 0.5) is 5.69 Å². The fourth-order valence-corrected chi connectivity index (χ4v) is 4.02. The summed E-state index contributed by atoms with van der Waals surface area (Å²) in [7, 11) is 0. The minimum atomic E-state index is -0.302. The number of amides is 1. The maximum atomic E-state index is 13.1. The molecule has 0 radical (unpaired) electrons. The SMILES string of the molecule is CCOc1cc(/C=C(\C#N)C(=O)N2CCc3ccccc32)ccc1OCCOc1cccc(C)c1. The van der Waals surface area contributed by atoms with E-state index in [0.717, 1.165) is 29.0 Å². The largest absolute Gasteiger partial charge is 0.490 e. The number of nitriles is 1. The average Bonchev–Trinajstić information content (AvgIpc) is 3.30. The molecule has 1 aliphatic rings. The summed E-state index contributed by atoms with van der Waals surface area (Å²) in [6.45, 7) is 5.67. The van der Waals surface area contributed by atoms with Crippen molar-refractivity contribution < 1.29 is 19.0 Å². The van der Waals surface area contributed by atoms with Gasteiger partial charge in [-0.25, -0.2) is 0 Å². The Morgan fingerprint density at radius 3 is 2.63 bits per heavy atom. The molecule has 0 fully saturated rings. The van der Waals surface area contributed by atoms with Crippen molar-refractivity contribution in [2.24, 2.45) is 0 Å². The predicted octanol–water partition coefficient (Wildman–Crippen LogP) is 5.35. The average molecular weight is 469 g/mol. The van der Waals surface area contributed by atoms with Gasteiger partial charge in [-0.05, 0) is 73.4 Å². The standard InChI is InChI=1S/C29H28N2O4/c1-3-33-28-19-22(11-12-27(28)35-16-15-34-25-9-6-7-21(2)17-25)18-24(20-30)29(32)31-14-13-23-8-4-5-10-26(23)31/h4-12,17-19H,3,13-16H2,1-2H3/b24-18+. The first-order chi connectivity index (χ1) is 17.1. The van der Waals surface area contributed by atoms with Crippen LogP contribution < -0.4 is 19.1 Å². The number of hydrogen-bond acceptors (Lipinski definition) is 5. The van der Waals surface area contributed by atoms with Gasteiger partial charge in [0.2, 0.25) is 0 Å². The third-order valence-corrected chi connectivity index (χ3v) is 5.66. The second-order valence-electron chi connectivity index (χ2n) is 8.16. The minimum absolute atomic E-state index is 0.0735. The lowest BCUT2D eigenvalue weighted by molar-refractivity contribution is -0.114. The zero-order valence-electron chi connectivity index (χ0n) is 20.0. The molecular weight excluding hydrogens is 440 g/mol. The van der Waals surface area contributed by atoms with Crippen molar-refractivity contribution in [2.75, 3.05) is 31.3 Å². The normalized spacial score (nSPS) is 12.6. The fourth-order valence-electron chi connectivity index (χ4n) is 4.02. The van der Waals surface area contributed by atoms with E-state index in [1.54, 1.807) is 23.1 Å². The summed E-state index contributed by atoms with van der Waals surface area (Å²) in [5, 5.41) is 9.71. The zero-order valence-corrected chi connectivity index (χ0v) is 20.0. The lowest BCUT2D eigenvalue weighted by Crippen LogP contribution is -2.29. The van der Waals surface area contributed by atoms with E-state index in [9.17, 15) is 10.1 Å². The molecule has 0 saturated carbocycles. The molecule has 0 N–H and O–H groups in total. The van der Waals surface area contributed by atoms with Gasteiger partial charge in [0.25, 0.3) is 5.91 Å². The van der Waals surface area contributed by atoms with Gasteiger partial charge in [-0.15, -0.1) is 0 Å². The quantitative estimate of drug-likeness (QED) is 0.241. The number of hydrogen-bond donors (Lipinski definition) is 0. The molecule has 0 atom stereocenters. The molecule has 35 heavy (non-hydrogen) atoms. The highest BCUT2D eigenvalue weighted by Gasteiger charge is 2.26. The van der Waals surface area contributed by atoms with E-state index in [1.165, 1.54) is 0 Å². The van der Waals surface area contributed by atoms with Gasteiger partial charge in [-0.3, -0.25) is 4.79 Å². The number of nitrogens with zero attached hydrogens (tertiary/aromatic N) is 2. The molecule has 1 heterocycles. The lowest BCUT2D eigenvalue weighted by atomic mass is 10.1. The highest BCUT2D eigenvalue weighted by Crippen LogP contribution is 2.31. The van der Waals surface area contributed by atoms with E-state index < -0.39 is 0 Å². The third kappa shape index (κ3) is 5.82. The Balaban J connectivity index is 1.45.